The van der Waals surface area contributed by atoms with Gasteiger partial charge in [0.1, 0.15) is 23.8 Å². The Morgan fingerprint density at radius 3 is 2.63 bits per heavy atom. The van der Waals surface area contributed by atoms with Gasteiger partial charge in [-0.3, -0.25) is 0 Å². The number of carboxylic acid groups (broad SMARTS) is 1. The first-order valence-electron chi connectivity index (χ1n) is 14.4. The molecule has 2 N–H and O–H groups in total. The van der Waals surface area contributed by atoms with Crippen LogP contribution in [-0.4, -0.2) is 52.6 Å². The Morgan fingerprint density at radius 1 is 1.15 bits per heavy atom. The van der Waals surface area contributed by atoms with E-state index in [9.17, 15) is 15.0 Å². The van der Waals surface area contributed by atoms with Crippen molar-refractivity contribution in [1.82, 2.24) is 10.1 Å². The second kappa shape index (κ2) is 10.0. The van der Waals surface area contributed by atoms with Crippen LogP contribution in [0.1, 0.15) is 65.4 Å². The number of carboxylic acids is 1. The zero-order chi connectivity index (χ0) is 28.1. The van der Waals surface area contributed by atoms with Crippen LogP contribution in [0, 0.1) is 12.3 Å². The molecule has 1 aliphatic heterocycles. The molecule has 8 heteroatoms. The van der Waals surface area contributed by atoms with Crippen molar-refractivity contribution in [1.29, 1.82) is 0 Å². The molecule has 0 atom stereocenters. The summed E-state index contributed by atoms with van der Waals surface area (Å²) in [5.74, 6) is 0.875. The monoisotopic (exact) mass is 551 g/mol. The van der Waals surface area contributed by atoms with Gasteiger partial charge in [-0.25, -0.2) is 9.78 Å². The average molecular weight is 552 g/mol. The molecule has 2 aromatic carbocycles. The van der Waals surface area contributed by atoms with Crippen molar-refractivity contribution in [3.63, 3.8) is 0 Å². The summed E-state index contributed by atoms with van der Waals surface area (Å²) in [6, 6.07) is 15.7. The van der Waals surface area contributed by atoms with E-state index in [1.54, 1.807) is 0 Å². The van der Waals surface area contributed by atoms with Crippen LogP contribution >= 0.6 is 0 Å². The minimum absolute atomic E-state index is 0.0751. The van der Waals surface area contributed by atoms with Gasteiger partial charge in [-0.2, -0.15) is 0 Å². The Hall–Kier alpha value is -4.17. The summed E-state index contributed by atoms with van der Waals surface area (Å²) >= 11 is 0. The van der Waals surface area contributed by atoms with Gasteiger partial charge in [0.15, 0.2) is 5.69 Å². The first-order chi connectivity index (χ1) is 19.9. The number of carbonyl (C=O) groups is 1. The smallest absolute Gasteiger partial charge is 0.354 e. The summed E-state index contributed by atoms with van der Waals surface area (Å²) in [5, 5.41) is 24.0. The van der Waals surface area contributed by atoms with Gasteiger partial charge in [-0.15, -0.1) is 0 Å². The lowest BCUT2D eigenvalue weighted by Crippen LogP contribution is -2.42. The van der Waals surface area contributed by atoms with Crippen molar-refractivity contribution < 1.29 is 24.3 Å². The number of aryl methyl sites for hydroxylation is 1. The van der Waals surface area contributed by atoms with Crippen molar-refractivity contribution in [2.75, 3.05) is 31.2 Å². The molecule has 0 amide bonds. The zero-order valence-electron chi connectivity index (χ0n) is 23.1. The van der Waals surface area contributed by atoms with E-state index < -0.39 is 5.97 Å². The Kier molecular flexibility index (Phi) is 6.31. The molecule has 0 bridgehead atoms. The number of aliphatic hydroxyl groups excluding tert-OH is 1. The summed E-state index contributed by atoms with van der Waals surface area (Å²) in [6.45, 7) is 3.91. The molecule has 3 aliphatic rings. The van der Waals surface area contributed by atoms with Gasteiger partial charge in [0, 0.05) is 47.3 Å². The van der Waals surface area contributed by atoms with E-state index in [1.807, 2.05) is 18.2 Å². The number of allylic oxidation sites excluding steroid dienone is 2. The number of hydrogen-bond acceptors (Lipinski definition) is 7. The largest absolute Gasteiger partial charge is 0.490 e. The van der Waals surface area contributed by atoms with Gasteiger partial charge in [0.25, 0.3) is 0 Å². The number of aromatic carboxylic acids is 1. The van der Waals surface area contributed by atoms with Crippen molar-refractivity contribution in [2.24, 2.45) is 5.41 Å². The van der Waals surface area contributed by atoms with E-state index >= 15 is 0 Å². The van der Waals surface area contributed by atoms with Crippen LogP contribution in [0.4, 0.5) is 5.69 Å². The summed E-state index contributed by atoms with van der Waals surface area (Å²) in [4.78, 5) is 18.2. The van der Waals surface area contributed by atoms with Gasteiger partial charge in [-0.1, -0.05) is 35.5 Å². The number of benzene rings is 2. The molecular formula is C33H33N3O5. The van der Waals surface area contributed by atoms with Crippen molar-refractivity contribution in [3.8, 4) is 17.0 Å². The maximum absolute atomic E-state index is 11.5. The number of anilines is 1. The van der Waals surface area contributed by atoms with Gasteiger partial charge in [0.05, 0.1) is 12.1 Å². The highest BCUT2D eigenvalue weighted by atomic mass is 16.5. The highest BCUT2D eigenvalue weighted by Crippen LogP contribution is 2.56. The van der Waals surface area contributed by atoms with Gasteiger partial charge in [0.2, 0.25) is 0 Å². The summed E-state index contributed by atoms with van der Waals surface area (Å²) < 4.78 is 11.7. The number of nitrogens with zero attached hydrogens (tertiary/aromatic N) is 3. The number of fused-ring (bicyclic) bond motifs is 1. The van der Waals surface area contributed by atoms with E-state index in [2.05, 4.69) is 52.3 Å². The fourth-order valence-corrected chi connectivity index (χ4v) is 6.44. The molecule has 1 spiro atoms. The molecule has 1 saturated heterocycles. The third-order valence-corrected chi connectivity index (χ3v) is 8.86. The van der Waals surface area contributed by atoms with Crippen molar-refractivity contribution in [3.05, 3.63) is 77.2 Å². The van der Waals surface area contributed by atoms with Crippen molar-refractivity contribution >= 4 is 28.1 Å². The molecular weight excluding hydrogens is 518 g/mol. The SMILES string of the molecule is Cc1ccccc1-c1noc(C2CC2)c1C1=CC2(CCN(c3ccc4nc(C(=O)O)cc(OCCO)c4c3)CC2)C1. The number of hydrogen-bond donors (Lipinski definition) is 2. The number of aromatic nitrogens is 2. The molecule has 7 rings (SSSR count). The van der Waals surface area contributed by atoms with Gasteiger partial charge < -0.3 is 24.4 Å². The number of rotatable bonds is 8. The molecule has 2 fully saturated rings. The topological polar surface area (TPSA) is 109 Å². The van der Waals surface area contributed by atoms with Gasteiger partial charge >= 0.3 is 5.97 Å². The standard InChI is InChI=1S/C33H33N3O5/c1-20-4-2-3-5-24(20)30-29(31(41-35-30)21-6-7-21)22-18-33(19-22)10-12-36(13-11-33)23-8-9-26-25(16-23)28(40-15-14-37)17-27(34-26)32(38)39/h2-5,8-9,16-18,21,37H,6-7,10-15,19H2,1H3,(H,38,39). The number of aliphatic hydroxyl groups is 1. The van der Waals surface area contributed by atoms with Crippen LogP contribution < -0.4 is 9.64 Å². The van der Waals surface area contributed by atoms with Crippen LogP contribution in [0.15, 0.2) is 59.1 Å². The highest BCUT2D eigenvalue weighted by molar-refractivity contribution is 5.94. The number of ether oxygens (including phenoxy) is 1. The quantitative estimate of drug-likeness (QED) is 0.266. The van der Waals surface area contributed by atoms with Crippen molar-refractivity contribution in [2.45, 2.75) is 44.9 Å². The Bertz CT molecular complexity index is 1680. The average Bonchev–Trinajstić information content (AvgIpc) is 3.73. The zero-order valence-corrected chi connectivity index (χ0v) is 23.1. The lowest BCUT2D eigenvalue weighted by Gasteiger charge is -2.47. The lowest BCUT2D eigenvalue weighted by atomic mass is 9.63. The maximum atomic E-state index is 11.5. The third kappa shape index (κ3) is 4.66. The minimum Gasteiger partial charge on any atom is -0.490 e. The summed E-state index contributed by atoms with van der Waals surface area (Å²) in [6.07, 6.45) is 8.00. The number of pyridine rings is 1. The molecule has 0 unspecified atom stereocenters. The predicted molar refractivity (Wildman–Crippen MR) is 156 cm³/mol. The van der Waals surface area contributed by atoms with E-state index in [1.165, 1.54) is 35.6 Å². The minimum atomic E-state index is -1.11. The normalized spacial score (nSPS) is 17.9. The van der Waals surface area contributed by atoms with Gasteiger partial charge in [-0.05, 0) is 73.8 Å². The van der Waals surface area contributed by atoms with E-state index in [4.69, 9.17) is 9.26 Å². The molecule has 210 valence electrons. The second-order valence-electron chi connectivity index (χ2n) is 11.6. The van der Waals surface area contributed by atoms with Crippen LogP contribution in [0.2, 0.25) is 0 Å². The van der Waals surface area contributed by atoms with Crippen LogP contribution in [0.3, 0.4) is 0 Å². The van der Waals surface area contributed by atoms with E-state index in [0.717, 1.165) is 60.4 Å². The first-order valence-corrected chi connectivity index (χ1v) is 14.4. The maximum Gasteiger partial charge on any atom is 0.354 e. The molecule has 2 aromatic heterocycles. The Balaban J connectivity index is 1.12. The second-order valence-corrected chi connectivity index (χ2v) is 11.6. The Labute approximate surface area is 238 Å². The summed E-state index contributed by atoms with van der Waals surface area (Å²) in [5.41, 5.74) is 7.69. The number of piperidine rings is 1. The van der Waals surface area contributed by atoms with Crippen LogP contribution in [-0.2, 0) is 0 Å². The summed E-state index contributed by atoms with van der Waals surface area (Å²) in [7, 11) is 0. The van der Waals surface area contributed by atoms with Crippen LogP contribution in [0.5, 0.6) is 5.75 Å². The van der Waals surface area contributed by atoms with E-state index in [0.29, 0.717) is 17.2 Å². The fourth-order valence-electron chi connectivity index (χ4n) is 6.44. The molecule has 41 heavy (non-hydrogen) atoms. The molecule has 1 saturated carbocycles. The first kappa shape index (κ1) is 25.8. The van der Waals surface area contributed by atoms with Crippen LogP contribution in [0.25, 0.3) is 27.7 Å². The molecule has 8 nitrogen and oxygen atoms in total. The van der Waals surface area contributed by atoms with E-state index in [-0.39, 0.29) is 24.3 Å². The third-order valence-electron chi connectivity index (χ3n) is 8.86. The Morgan fingerprint density at radius 2 is 1.93 bits per heavy atom. The molecule has 2 aliphatic carbocycles. The molecule has 4 aromatic rings. The highest BCUT2D eigenvalue weighted by Gasteiger charge is 2.44. The fraction of sp³-hybridized carbons (Fsp3) is 0.364. The molecule has 3 heterocycles. The lowest BCUT2D eigenvalue weighted by molar-refractivity contribution is 0.0690. The molecule has 0 radical (unpaired) electrons. The predicted octanol–water partition coefficient (Wildman–Crippen LogP) is 6.22.